The van der Waals surface area contributed by atoms with Crippen molar-refractivity contribution >= 4 is 11.6 Å². The number of rotatable bonds is 3. The molecule has 2 rings (SSSR count). The molecule has 2 heteroatoms. The van der Waals surface area contributed by atoms with E-state index < -0.39 is 0 Å². The van der Waals surface area contributed by atoms with Gasteiger partial charge in [0, 0.05) is 11.6 Å². The molecule has 0 atom stereocenters. The minimum absolute atomic E-state index is 0.195. The van der Waals surface area contributed by atoms with Crippen molar-refractivity contribution in [1.29, 1.82) is 0 Å². The summed E-state index contributed by atoms with van der Waals surface area (Å²) in [6.45, 7) is 0.195. The Morgan fingerprint density at radius 2 is 1.31 bits per heavy atom. The Kier molecular flexibility index (Phi) is 3.60. The first-order valence-corrected chi connectivity index (χ1v) is 5.63. The Bertz CT molecular complexity index is 445. The fourth-order valence-corrected chi connectivity index (χ4v) is 1.76. The van der Waals surface area contributed by atoms with E-state index in [0.717, 1.165) is 16.1 Å². The van der Waals surface area contributed by atoms with Crippen molar-refractivity contribution in [2.75, 3.05) is 6.61 Å². The molecule has 0 aliphatic heterocycles. The molecule has 0 heterocycles. The Morgan fingerprint density at radius 3 is 1.81 bits per heavy atom. The topological polar surface area (TPSA) is 20.2 Å². The van der Waals surface area contributed by atoms with Gasteiger partial charge in [-0.1, -0.05) is 48.0 Å². The van der Waals surface area contributed by atoms with E-state index >= 15 is 0 Å². The van der Waals surface area contributed by atoms with Crippen LogP contribution in [0.5, 0.6) is 0 Å². The van der Waals surface area contributed by atoms with Gasteiger partial charge in [0.1, 0.15) is 0 Å². The van der Waals surface area contributed by atoms with Gasteiger partial charge in [0.25, 0.3) is 0 Å². The van der Waals surface area contributed by atoms with Gasteiger partial charge < -0.3 is 5.11 Å². The van der Waals surface area contributed by atoms with E-state index in [4.69, 9.17) is 16.7 Å². The van der Waals surface area contributed by atoms with Gasteiger partial charge in [-0.15, -0.1) is 0 Å². The van der Waals surface area contributed by atoms with Crippen LogP contribution in [0.1, 0.15) is 5.56 Å². The third kappa shape index (κ3) is 2.63. The van der Waals surface area contributed by atoms with Crippen LogP contribution in [-0.2, 0) is 6.42 Å². The smallest absolute Gasteiger partial charge is 0.0471 e. The summed E-state index contributed by atoms with van der Waals surface area (Å²) < 4.78 is 0. The van der Waals surface area contributed by atoms with Crippen LogP contribution < -0.4 is 0 Å². The van der Waals surface area contributed by atoms with Crippen molar-refractivity contribution < 1.29 is 5.11 Å². The molecule has 0 aliphatic rings. The van der Waals surface area contributed by atoms with Crippen molar-refractivity contribution in [2.24, 2.45) is 0 Å². The third-order valence-electron chi connectivity index (χ3n) is 2.53. The highest BCUT2D eigenvalue weighted by Gasteiger charge is 1.98. The second-order valence-electron chi connectivity index (χ2n) is 3.68. The van der Waals surface area contributed by atoms with E-state index in [2.05, 4.69) is 12.1 Å². The van der Waals surface area contributed by atoms with E-state index in [9.17, 15) is 0 Å². The molecule has 1 nitrogen and oxygen atoms in total. The molecule has 0 aliphatic carbocycles. The van der Waals surface area contributed by atoms with Crippen molar-refractivity contribution in [3.05, 3.63) is 59.1 Å². The summed E-state index contributed by atoms with van der Waals surface area (Å²) in [7, 11) is 0. The van der Waals surface area contributed by atoms with Crippen LogP contribution in [-0.4, -0.2) is 11.7 Å². The average molecular weight is 233 g/mol. The first kappa shape index (κ1) is 11.2. The summed E-state index contributed by atoms with van der Waals surface area (Å²) >= 11 is 5.84. The number of hydrogen-bond donors (Lipinski definition) is 1. The second-order valence-corrected chi connectivity index (χ2v) is 4.11. The van der Waals surface area contributed by atoms with Crippen LogP contribution in [0.2, 0.25) is 5.02 Å². The molecule has 0 unspecified atom stereocenters. The van der Waals surface area contributed by atoms with Crippen molar-refractivity contribution in [3.63, 3.8) is 0 Å². The monoisotopic (exact) mass is 232 g/mol. The van der Waals surface area contributed by atoms with Crippen LogP contribution in [0.3, 0.4) is 0 Å². The zero-order valence-electron chi connectivity index (χ0n) is 8.86. The molecular weight excluding hydrogens is 220 g/mol. The predicted molar refractivity (Wildman–Crippen MR) is 67.7 cm³/mol. The molecule has 2 aromatic rings. The van der Waals surface area contributed by atoms with Gasteiger partial charge in [0.2, 0.25) is 0 Å². The van der Waals surface area contributed by atoms with Gasteiger partial charge in [-0.2, -0.15) is 0 Å². The van der Waals surface area contributed by atoms with Gasteiger partial charge in [-0.3, -0.25) is 0 Å². The molecule has 2 aromatic carbocycles. The molecule has 0 radical (unpaired) electrons. The van der Waals surface area contributed by atoms with E-state index in [1.807, 2.05) is 36.4 Å². The highest BCUT2D eigenvalue weighted by atomic mass is 35.5. The number of aliphatic hydroxyl groups excluding tert-OH is 1. The van der Waals surface area contributed by atoms with E-state index in [0.29, 0.717) is 6.42 Å². The summed E-state index contributed by atoms with van der Waals surface area (Å²) in [6, 6.07) is 16.0. The van der Waals surface area contributed by atoms with E-state index in [-0.39, 0.29) is 6.61 Å². The highest BCUT2D eigenvalue weighted by molar-refractivity contribution is 6.30. The largest absolute Gasteiger partial charge is 0.396 e. The molecule has 0 saturated carbocycles. The van der Waals surface area contributed by atoms with E-state index in [1.165, 1.54) is 5.56 Å². The molecule has 0 bridgehead atoms. The number of hydrogen-bond acceptors (Lipinski definition) is 1. The first-order chi connectivity index (χ1) is 7.79. The van der Waals surface area contributed by atoms with Gasteiger partial charge >= 0.3 is 0 Å². The van der Waals surface area contributed by atoms with Crippen LogP contribution in [0.15, 0.2) is 48.5 Å². The summed E-state index contributed by atoms with van der Waals surface area (Å²) in [4.78, 5) is 0. The molecule has 0 saturated heterocycles. The normalized spacial score (nSPS) is 10.4. The Labute approximate surface area is 100 Å². The van der Waals surface area contributed by atoms with Gasteiger partial charge in [-0.25, -0.2) is 0 Å². The molecule has 0 aromatic heterocycles. The van der Waals surface area contributed by atoms with Gasteiger partial charge in [0.15, 0.2) is 0 Å². The summed E-state index contributed by atoms with van der Waals surface area (Å²) in [5.41, 5.74) is 3.47. The lowest BCUT2D eigenvalue weighted by Crippen LogP contribution is -1.89. The summed E-state index contributed by atoms with van der Waals surface area (Å²) in [5, 5.41) is 9.57. The number of benzene rings is 2. The fraction of sp³-hybridized carbons (Fsp3) is 0.143. The van der Waals surface area contributed by atoms with Crippen molar-refractivity contribution in [1.82, 2.24) is 0 Å². The lowest BCUT2D eigenvalue weighted by molar-refractivity contribution is 0.299. The zero-order valence-corrected chi connectivity index (χ0v) is 9.61. The Balaban J connectivity index is 2.24. The summed E-state index contributed by atoms with van der Waals surface area (Å²) in [5.74, 6) is 0. The highest BCUT2D eigenvalue weighted by Crippen LogP contribution is 2.21. The molecule has 16 heavy (non-hydrogen) atoms. The third-order valence-corrected chi connectivity index (χ3v) is 2.78. The van der Waals surface area contributed by atoms with Crippen LogP contribution >= 0.6 is 11.6 Å². The molecule has 1 N–H and O–H groups in total. The lowest BCUT2D eigenvalue weighted by Gasteiger charge is -2.03. The summed E-state index contributed by atoms with van der Waals surface area (Å²) in [6.07, 6.45) is 0.709. The SMILES string of the molecule is OCCc1ccc(-c2ccc(Cl)cc2)cc1. The Morgan fingerprint density at radius 1 is 0.812 bits per heavy atom. The predicted octanol–water partition coefficient (Wildman–Crippen LogP) is 3.54. The van der Waals surface area contributed by atoms with Crippen LogP contribution in [0, 0.1) is 0 Å². The average Bonchev–Trinajstić information content (AvgIpc) is 2.32. The lowest BCUT2D eigenvalue weighted by atomic mass is 10.0. The number of aliphatic hydroxyl groups is 1. The van der Waals surface area contributed by atoms with Gasteiger partial charge in [0.05, 0.1) is 0 Å². The first-order valence-electron chi connectivity index (χ1n) is 5.25. The molecule has 0 amide bonds. The second kappa shape index (κ2) is 5.15. The van der Waals surface area contributed by atoms with Crippen molar-refractivity contribution in [2.45, 2.75) is 6.42 Å². The standard InChI is InChI=1S/C14H13ClO/c15-14-7-5-13(6-8-14)12-3-1-11(2-4-12)9-10-16/h1-8,16H,9-10H2. The maximum Gasteiger partial charge on any atom is 0.0471 e. The van der Waals surface area contributed by atoms with Crippen LogP contribution in [0.4, 0.5) is 0 Å². The van der Waals surface area contributed by atoms with Crippen LogP contribution in [0.25, 0.3) is 11.1 Å². The minimum atomic E-state index is 0.195. The Hall–Kier alpha value is -1.31. The fourth-order valence-electron chi connectivity index (χ4n) is 1.64. The van der Waals surface area contributed by atoms with E-state index in [1.54, 1.807) is 0 Å². The quantitative estimate of drug-likeness (QED) is 0.858. The molecule has 82 valence electrons. The molecule has 0 fully saturated rings. The molecular formula is C14H13ClO. The van der Waals surface area contributed by atoms with Crippen molar-refractivity contribution in [3.8, 4) is 11.1 Å². The van der Waals surface area contributed by atoms with Gasteiger partial charge in [-0.05, 0) is 35.2 Å². The zero-order chi connectivity index (χ0) is 11.4. The minimum Gasteiger partial charge on any atom is -0.396 e. The number of halogens is 1. The molecule has 0 spiro atoms. The maximum atomic E-state index is 8.82. The maximum absolute atomic E-state index is 8.82.